The van der Waals surface area contributed by atoms with Gasteiger partial charge >= 0.3 is 0 Å². The fourth-order valence-electron chi connectivity index (χ4n) is 2.62. The third-order valence-electron chi connectivity index (χ3n) is 3.66. The number of aryl methyl sites for hydroxylation is 1. The van der Waals surface area contributed by atoms with Crippen molar-refractivity contribution in [2.75, 3.05) is 31.1 Å². The molecule has 0 amide bonds. The summed E-state index contributed by atoms with van der Waals surface area (Å²) in [5.41, 5.74) is 2.63. The second kappa shape index (κ2) is 6.44. The van der Waals surface area contributed by atoms with Gasteiger partial charge in [-0.3, -0.25) is 0 Å². The molecule has 1 atom stereocenters. The van der Waals surface area contributed by atoms with Gasteiger partial charge in [-0.15, -0.1) is 0 Å². The Labute approximate surface area is 115 Å². The van der Waals surface area contributed by atoms with Crippen molar-refractivity contribution in [1.29, 1.82) is 0 Å². The van der Waals surface area contributed by atoms with Gasteiger partial charge in [-0.2, -0.15) is 0 Å². The zero-order valence-electron chi connectivity index (χ0n) is 11.4. The minimum atomic E-state index is 0.773. The predicted octanol–water partition coefficient (Wildman–Crippen LogP) is 3.47. The van der Waals surface area contributed by atoms with Crippen molar-refractivity contribution < 1.29 is 0 Å². The maximum atomic E-state index is 6.10. The maximum Gasteiger partial charge on any atom is 0.0426 e. The largest absolute Gasteiger partial charge is 0.371 e. The molecule has 1 fully saturated rings. The molecule has 1 unspecified atom stereocenters. The van der Waals surface area contributed by atoms with Crippen LogP contribution in [-0.4, -0.2) is 26.2 Å². The lowest BCUT2D eigenvalue weighted by Gasteiger charge is -2.21. The summed E-state index contributed by atoms with van der Waals surface area (Å²) in [5, 5.41) is 4.36. The number of nitrogens with zero attached hydrogens (tertiary/aromatic N) is 1. The number of anilines is 1. The van der Waals surface area contributed by atoms with E-state index in [0.29, 0.717) is 0 Å². The van der Waals surface area contributed by atoms with Crippen molar-refractivity contribution in [3.05, 3.63) is 28.8 Å². The van der Waals surface area contributed by atoms with Crippen molar-refractivity contribution in [2.24, 2.45) is 5.92 Å². The molecule has 3 heteroatoms. The lowest BCUT2D eigenvalue weighted by Crippen LogP contribution is -2.27. The monoisotopic (exact) mass is 266 g/mol. The molecule has 1 aromatic rings. The predicted molar refractivity (Wildman–Crippen MR) is 79.7 cm³/mol. The summed E-state index contributed by atoms with van der Waals surface area (Å²) in [4.78, 5) is 2.47. The maximum absolute atomic E-state index is 6.10. The molecule has 2 nitrogen and oxygen atoms in total. The Balaban J connectivity index is 1.93. The molecule has 1 saturated heterocycles. The molecule has 0 aromatic heterocycles. The number of benzene rings is 1. The number of hydrogen-bond acceptors (Lipinski definition) is 2. The lowest BCUT2D eigenvalue weighted by molar-refractivity contribution is 0.516. The van der Waals surface area contributed by atoms with Gasteiger partial charge in [-0.25, -0.2) is 0 Å². The fraction of sp³-hybridized carbons (Fsp3) is 0.600. The normalized spacial score (nSPS) is 19.5. The highest BCUT2D eigenvalue weighted by molar-refractivity contribution is 6.30. The van der Waals surface area contributed by atoms with E-state index in [1.165, 1.54) is 24.1 Å². The van der Waals surface area contributed by atoms with Crippen molar-refractivity contribution in [3.63, 3.8) is 0 Å². The lowest BCUT2D eigenvalue weighted by atomic mass is 10.1. The summed E-state index contributed by atoms with van der Waals surface area (Å²) in [6.07, 6.45) is 2.49. The summed E-state index contributed by atoms with van der Waals surface area (Å²) in [5.74, 6) is 0.773. The molecule has 0 radical (unpaired) electrons. The zero-order valence-corrected chi connectivity index (χ0v) is 12.1. The van der Waals surface area contributed by atoms with Crippen LogP contribution in [0, 0.1) is 12.8 Å². The van der Waals surface area contributed by atoms with Crippen LogP contribution in [0.4, 0.5) is 5.69 Å². The second-order valence-electron chi connectivity index (χ2n) is 5.24. The summed E-state index contributed by atoms with van der Waals surface area (Å²) in [6, 6.07) is 6.18. The molecule has 0 spiro atoms. The Hall–Kier alpha value is -0.730. The van der Waals surface area contributed by atoms with Gasteiger partial charge in [0.2, 0.25) is 0 Å². The van der Waals surface area contributed by atoms with E-state index < -0.39 is 0 Å². The molecule has 2 rings (SSSR count). The van der Waals surface area contributed by atoms with E-state index in [0.717, 1.165) is 37.1 Å². The molecule has 1 aromatic carbocycles. The standard InChI is InChI=1S/C15H23ClN2/c1-3-7-17-10-13-6-8-18(11-13)15-9-14(16)5-4-12(15)2/h4-5,9,13,17H,3,6-8,10-11H2,1-2H3. The van der Waals surface area contributed by atoms with Crippen LogP contribution >= 0.6 is 11.6 Å². The second-order valence-corrected chi connectivity index (χ2v) is 5.67. The third kappa shape index (κ3) is 3.39. The van der Waals surface area contributed by atoms with Crippen LogP contribution < -0.4 is 10.2 Å². The Morgan fingerprint density at radius 2 is 2.28 bits per heavy atom. The van der Waals surface area contributed by atoms with Gasteiger partial charge < -0.3 is 10.2 Å². The van der Waals surface area contributed by atoms with Gasteiger partial charge in [0.05, 0.1) is 0 Å². The molecular formula is C15H23ClN2. The van der Waals surface area contributed by atoms with E-state index in [1.807, 2.05) is 6.07 Å². The molecule has 1 aliphatic rings. The van der Waals surface area contributed by atoms with E-state index in [2.05, 4.69) is 36.2 Å². The SMILES string of the molecule is CCCNCC1CCN(c2cc(Cl)ccc2C)C1. The molecule has 18 heavy (non-hydrogen) atoms. The van der Waals surface area contributed by atoms with Gasteiger partial charge in [-0.05, 0) is 56.5 Å². The quantitative estimate of drug-likeness (QED) is 0.821. The average Bonchev–Trinajstić information content (AvgIpc) is 2.81. The first-order chi connectivity index (χ1) is 8.70. The topological polar surface area (TPSA) is 15.3 Å². The van der Waals surface area contributed by atoms with Gasteiger partial charge in [-0.1, -0.05) is 24.6 Å². The molecule has 1 aliphatic heterocycles. The zero-order chi connectivity index (χ0) is 13.0. The molecular weight excluding hydrogens is 244 g/mol. The molecule has 0 aliphatic carbocycles. The van der Waals surface area contributed by atoms with Gasteiger partial charge in [0.25, 0.3) is 0 Å². The van der Waals surface area contributed by atoms with Crippen LogP contribution in [0.1, 0.15) is 25.3 Å². The highest BCUT2D eigenvalue weighted by atomic mass is 35.5. The third-order valence-corrected chi connectivity index (χ3v) is 3.89. The van der Waals surface area contributed by atoms with E-state index in [-0.39, 0.29) is 0 Å². The summed E-state index contributed by atoms with van der Waals surface area (Å²) >= 11 is 6.10. The Bertz CT molecular complexity index is 392. The van der Waals surface area contributed by atoms with Crippen LogP contribution in [0.5, 0.6) is 0 Å². The van der Waals surface area contributed by atoms with Crippen molar-refractivity contribution in [1.82, 2.24) is 5.32 Å². The minimum Gasteiger partial charge on any atom is -0.371 e. The number of halogens is 1. The van der Waals surface area contributed by atoms with E-state index >= 15 is 0 Å². The van der Waals surface area contributed by atoms with Gasteiger partial charge in [0.1, 0.15) is 0 Å². The summed E-state index contributed by atoms with van der Waals surface area (Å²) < 4.78 is 0. The van der Waals surface area contributed by atoms with E-state index in [9.17, 15) is 0 Å². The Morgan fingerprint density at radius 3 is 3.06 bits per heavy atom. The van der Waals surface area contributed by atoms with Crippen LogP contribution in [0.25, 0.3) is 0 Å². The first kappa shape index (κ1) is 13.7. The smallest absolute Gasteiger partial charge is 0.0426 e. The Morgan fingerprint density at radius 1 is 1.44 bits per heavy atom. The van der Waals surface area contributed by atoms with Crippen molar-refractivity contribution in [2.45, 2.75) is 26.7 Å². The van der Waals surface area contributed by atoms with E-state index in [4.69, 9.17) is 11.6 Å². The molecule has 1 N–H and O–H groups in total. The van der Waals surface area contributed by atoms with Gasteiger partial charge in [0.15, 0.2) is 0 Å². The Kier molecular flexibility index (Phi) is 4.90. The number of rotatable bonds is 5. The van der Waals surface area contributed by atoms with Crippen LogP contribution in [-0.2, 0) is 0 Å². The van der Waals surface area contributed by atoms with E-state index in [1.54, 1.807) is 0 Å². The first-order valence-corrected chi connectivity index (χ1v) is 7.30. The highest BCUT2D eigenvalue weighted by Crippen LogP contribution is 2.29. The van der Waals surface area contributed by atoms with Crippen LogP contribution in [0.3, 0.4) is 0 Å². The minimum absolute atomic E-state index is 0.773. The van der Waals surface area contributed by atoms with Crippen molar-refractivity contribution in [3.8, 4) is 0 Å². The van der Waals surface area contributed by atoms with Crippen LogP contribution in [0.2, 0.25) is 5.02 Å². The average molecular weight is 267 g/mol. The highest BCUT2D eigenvalue weighted by Gasteiger charge is 2.23. The fourth-order valence-corrected chi connectivity index (χ4v) is 2.79. The molecule has 0 bridgehead atoms. The molecule has 100 valence electrons. The van der Waals surface area contributed by atoms with Crippen LogP contribution in [0.15, 0.2) is 18.2 Å². The number of hydrogen-bond donors (Lipinski definition) is 1. The summed E-state index contributed by atoms with van der Waals surface area (Å²) in [7, 11) is 0. The van der Waals surface area contributed by atoms with Crippen molar-refractivity contribution >= 4 is 17.3 Å². The first-order valence-electron chi connectivity index (χ1n) is 6.92. The number of nitrogens with one attached hydrogen (secondary N) is 1. The molecule has 1 heterocycles. The summed E-state index contributed by atoms with van der Waals surface area (Å²) in [6.45, 7) is 8.95. The van der Waals surface area contributed by atoms with Gasteiger partial charge in [0, 0.05) is 23.8 Å². The molecule has 0 saturated carbocycles.